The summed E-state index contributed by atoms with van der Waals surface area (Å²) in [5.74, 6) is 1.73. The molecular weight excluding hydrogens is 372 g/mol. The number of aromatic nitrogens is 2. The first-order chi connectivity index (χ1) is 13.8. The van der Waals surface area contributed by atoms with Gasteiger partial charge < -0.3 is 14.0 Å². The van der Waals surface area contributed by atoms with Crippen LogP contribution in [0.3, 0.4) is 0 Å². The third kappa shape index (κ3) is 3.46. The van der Waals surface area contributed by atoms with Crippen molar-refractivity contribution in [3.63, 3.8) is 0 Å². The maximum absolute atomic E-state index is 6.17. The van der Waals surface area contributed by atoms with E-state index in [1.54, 1.807) is 0 Å². The van der Waals surface area contributed by atoms with Crippen molar-refractivity contribution >= 4 is 33.4 Å². The van der Waals surface area contributed by atoms with Crippen LogP contribution in [0.4, 0.5) is 0 Å². The lowest BCUT2D eigenvalue weighted by Gasteiger charge is -2.15. The Morgan fingerprint density at radius 2 is 1.96 bits per heavy atom. The molecule has 1 aliphatic rings. The number of imidazole rings is 1. The molecule has 0 spiro atoms. The van der Waals surface area contributed by atoms with Gasteiger partial charge in [0.1, 0.15) is 18.2 Å². The van der Waals surface area contributed by atoms with Crippen LogP contribution in [0.1, 0.15) is 18.7 Å². The number of nitrogens with zero attached hydrogens (tertiary/aromatic N) is 2. The Morgan fingerprint density at radius 3 is 2.82 bits per heavy atom. The zero-order chi connectivity index (χ0) is 18.9. The summed E-state index contributed by atoms with van der Waals surface area (Å²) < 4.78 is 14.2. The topological polar surface area (TPSA) is 36.3 Å². The van der Waals surface area contributed by atoms with E-state index in [0.717, 1.165) is 48.6 Å². The molecule has 0 aliphatic carbocycles. The van der Waals surface area contributed by atoms with Crippen molar-refractivity contribution in [1.82, 2.24) is 9.55 Å². The molecule has 0 bridgehead atoms. The van der Waals surface area contributed by atoms with E-state index < -0.39 is 0 Å². The molecule has 0 radical (unpaired) electrons. The molecule has 1 atom stereocenters. The standard InChI is InChI=1S/C23H21ClN2O2/c24-18-8-10-22-21(13-18)25-23(26(22)14-20-6-3-11-27-20)15-28-19-9-7-16-4-1-2-5-17(16)12-19/h1-2,4-5,7-10,12-13,20H,3,6,11,14-15H2. The summed E-state index contributed by atoms with van der Waals surface area (Å²) in [6.07, 6.45) is 2.43. The van der Waals surface area contributed by atoms with Crippen molar-refractivity contribution in [2.45, 2.75) is 32.1 Å². The SMILES string of the molecule is Clc1ccc2c(c1)nc(COc1ccc3ccccc3c1)n2CC1CCCO1. The van der Waals surface area contributed by atoms with Crippen LogP contribution in [-0.2, 0) is 17.9 Å². The van der Waals surface area contributed by atoms with Gasteiger partial charge in [0.25, 0.3) is 0 Å². The molecule has 2 heterocycles. The molecule has 1 aliphatic heterocycles. The molecule has 0 saturated carbocycles. The first-order valence-corrected chi connectivity index (χ1v) is 10.0. The lowest BCUT2D eigenvalue weighted by molar-refractivity contribution is 0.0963. The third-order valence-corrected chi connectivity index (χ3v) is 5.52. The van der Waals surface area contributed by atoms with Crippen LogP contribution in [0.15, 0.2) is 60.7 Å². The van der Waals surface area contributed by atoms with E-state index in [1.807, 2.05) is 36.4 Å². The van der Waals surface area contributed by atoms with Crippen molar-refractivity contribution in [2.24, 2.45) is 0 Å². The lowest BCUT2D eigenvalue weighted by atomic mass is 10.1. The first-order valence-electron chi connectivity index (χ1n) is 9.64. The maximum Gasteiger partial charge on any atom is 0.148 e. The zero-order valence-electron chi connectivity index (χ0n) is 15.5. The molecule has 1 aromatic heterocycles. The average molecular weight is 393 g/mol. The molecule has 1 unspecified atom stereocenters. The molecular formula is C23H21ClN2O2. The molecule has 0 N–H and O–H groups in total. The largest absolute Gasteiger partial charge is 0.486 e. The van der Waals surface area contributed by atoms with Gasteiger partial charge in [-0.2, -0.15) is 0 Å². The number of hydrogen-bond acceptors (Lipinski definition) is 3. The van der Waals surface area contributed by atoms with Crippen LogP contribution in [0.25, 0.3) is 21.8 Å². The number of ether oxygens (including phenoxy) is 2. The Morgan fingerprint density at radius 1 is 1.07 bits per heavy atom. The number of hydrogen-bond donors (Lipinski definition) is 0. The second-order valence-electron chi connectivity index (χ2n) is 7.20. The van der Waals surface area contributed by atoms with Gasteiger partial charge in [-0.3, -0.25) is 0 Å². The summed E-state index contributed by atoms with van der Waals surface area (Å²) in [4.78, 5) is 4.79. The monoisotopic (exact) mass is 392 g/mol. The van der Waals surface area contributed by atoms with E-state index >= 15 is 0 Å². The molecule has 4 nitrogen and oxygen atoms in total. The normalized spacial score (nSPS) is 16.8. The highest BCUT2D eigenvalue weighted by Gasteiger charge is 2.20. The zero-order valence-corrected chi connectivity index (χ0v) is 16.2. The third-order valence-electron chi connectivity index (χ3n) is 5.29. The Kier molecular flexibility index (Phi) is 4.67. The van der Waals surface area contributed by atoms with Crippen LogP contribution < -0.4 is 4.74 Å². The highest BCUT2D eigenvalue weighted by atomic mass is 35.5. The Balaban J connectivity index is 1.44. The van der Waals surface area contributed by atoms with Gasteiger partial charge in [0.15, 0.2) is 0 Å². The number of rotatable bonds is 5. The van der Waals surface area contributed by atoms with Gasteiger partial charge in [-0.05, 0) is 53.9 Å². The van der Waals surface area contributed by atoms with E-state index in [-0.39, 0.29) is 6.10 Å². The molecule has 3 aromatic carbocycles. The van der Waals surface area contributed by atoms with Gasteiger partial charge in [0.05, 0.1) is 23.7 Å². The van der Waals surface area contributed by atoms with Crippen molar-refractivity contribution < 1.29 is 9.47 Å². The predicted octanol–water partition coefficient (Wildman–Crippen LogP) is 5.60. The van der Waals surface area contributed by atoms with Gasteiger partial charge in [-0.1, -0.05) is 41.9 Å². The van der Waals surface area contributed by atoms with E-state index in [0.29, 0.717) is 11.6 Å². The van der Waals surface area contributed by atoms with Gasteiger partial charge in [0, 0.05) is 11.6 Å². The highest BCUT2D eigenvalue weighted by Crippen LogP contribution is 2.25. The van der Waals surface area contributed by atoms with E-state index in [1.165, 1.54) is 10.8 Å². The number of benzene rings is 3. The lowest BCUT2D eigenvalue weighted by Crippen LogP contribution is -2.17. The van der Waals surface area contributed by atoms with Gasteiger partial charge >= 0.3 is 0 Å². The maximum atomic E-state index is 6.17. The Bertz CT molecular complexity index is 1130. The Labute approximate surface area is 168 Å². The van der Waals surface area contributed by atoms with E-state index in [9.17, 15) is 0 Å². The quantitative estimate of drug-likeness (QED) is 0.443. The van der Waals surface area contributed by atoms with Crippen LogP contribution >= 0.6 is 11.6 Å². The van der Waals surface area contributed by atoms with Crippen molar-refractivity contribution in [1.29, 1.82) is 0 Å². The summed E-state index contributed by atoms with van der Waals surface area (Å²) in [7, 11) is 0. The van der Waals surface area contributed by atoms with E-state index in [4.69, 9.17) is 26.1 Å². The van der Waals surface area contributed by atoms with Crippen LogP contribution in [0, 0.1) is 0 Å². The van der Waals surface area contributed by atoms with Crippen molar-refractivity contribution in [2.75, 3.05) is 6.61 Å². The molecule has 1 saturated heterocycles. The van der Waals surface area contributed by atoms with Crippen molar-refractivity contribution in [3.05, 3.63) is 71.5 Å². The summed E-state index contributed by atoms with van der Waals surface area (Å²) >= 11 is 6.17. The molecule has 1 fully saturated rings. The minimum Gasteiger partial charge on any atom is -0.486 e. The van der Waals surface area contributed by atoms with Gasteiger partial charge in [-0.15, -0.1) is 0 Å². The summed E-state index contributed by atoms with van der Waals surface area (Å²) in [5.41, 5.74) is 1.96. The van der Waals surface area contributed by atoms with Crippen LogP contribution in [-0.4, -0.2) is 22.3 Å². The number of fused-ring (bicyclic) bond motifs is 2. The van der Waals surface area contributed by atoms with Crippen LogP contribution in [0.5, 0.6) is 5.75 Å². The first kappa shape index (κ1) is 17.5. The smallest absolute Gasteiger partial charge is 0.148 e. The summed E-state index contributed by atoms with van der Waals surface area (Å²) in [6, 6.07) is 20.3. The van der Waals surface area contributed by atoms with Gasteiger partial charge in [-0.25, -0.2) is 4.98 Å². The van der Waals surface area contributed by atoms with Gasteiger partial charge in [0.2, 0.25) is 0 Å². The summed E-state index contributed by atoms with van der Waals surface area (Å²) in [6.45, 7) is 2.03. The fraction of sp³-hybridized carbons (Fsp3) is 0.261. The molecule has 142 valence electrons. The fourth-order valence-corrected chi connectivity index (χ4v) is 4.03. The highest BCUT2D eigenvalue weighted by molar-refractivity contribution is 6.31. The van der Waals surface area contributed by atoms with E-state index in [2.05, 4.69) is 28.8 Å². The predicted molar refractivity (Wildman–Crippen MR) is 112 cm³/mol. The van der Waals surface area contributed by atoms with Crippen molar-refractivity contribution in [3.8, 4) is 5.75 Å². The Hall–Kier alpha value is -2.56. The van der Waals surface area contributed by atoms with Crippen LogP contribution in [0.2, 0.25) is 5.02 Å². The molecule has 4 aromatic rings. The minimum atomic E-state index is 0.229. The molecule has 28 heavy (non-hydrogen) atoms. The number of halogens is 1. The minimum absolute atomic E-state index is 0.229. The second kappa shape index (κ2) is 7.46. The molecule has 0 amide bonds. The summed E-state index contributed by atoms with van der Waals surface area (Å²) in [5, 5.41) is 3.06. The molecule has 5 heteroatoms. The molecule has 5 rings (SSSR count). The average Bonchev–Trinajstić information content (AvgIpc) is 3.34. The second-order valence-corrected chi connectivity index (χ2v) is 7.64. The fourth-order valence-electron chi connectivity index (χ4n) is 3.86.